The maximum Gasteiger partial charge on any atom is 0.322 e. The van der Waals surface area contributed by atoms with Gasteiger partial charge in [-0.3, -0.25) is 9.69 Å². The van der Waals surface area contributed by atoms with Gasteiger partial charge >= 0.3 is 6.01 Å². The molecular formula is C21H29N7O3. The molecule has 0 radical (unpaired) electrons. The summed E-state index contributed by atoms with van der Waals surface area (Å²) >= 11 is 0. The predicted molar refractivity (Wildman–Crippen MR) is 116 cm³/mol. The van der Waals surface area contributed by atoms with Crippen LogP contribution in [-0.4, -0.2) is 84.0 Å². The molecule has 5 heterocycles. The Kier molecular flexibility index (Phi) is 5.73. The maximum atomic E-state index is 12.3. The summed E-state index contributed by atoms with van der Waals surface area (Å²) in [6, 6.07) is 5.88. The summed E-state index contributed by atoms with van der Waals surface area (Å²) in [7, 11) is 1.57. The van der Waals surface area contributed by atoms with Crippen molar-refractivity contribution in [3.8, 4) is 6.01 Å². The van der Waals surface area contributed by atoms with Crippen LogP contribution in [0.25, 0.3) is 0 Å². The number of morpholine rings is 1. The zero-order chi connectivity index (χ0) is 21.2. The molecule has 2 aromatic rings. The number of anilines is 2. The lowest BCUT2D eigenvalue weighted by Crippen LogP contribution is -2.47. The van der Waals surface area contributed by atoms with Gasteiger partial charge in [0.1, 0.15) is 0 Å². The number of hydrogen-bond acceptors (Lipinski definition) is 9. The molecule has 10 heteroatoms. The Morgan fingerprint density at radius 1 is 1.16 bits per heavy atom. The van der Waals surface area contributed by atoms with Gasteiger partial charge in [-0.25, -0.2) is 0 Å². The van der Waals surface area contributed by atoms with Crippen LogP contribution < -0.4 is 20.5 Å². The molecule has 2 saturated heterocycles. The lowest BCUT2D eigenvalue weighted by molar-refractivity contribution is 0.0398. The second-order valence-corrected chi connectivity index (χ2v) is 8.43. The number of nitrogens with zero attached hydrogens (tertiary/aromatic N) is 6. The van der Waals surface area contributed by atoms with Crippen LogP contribution in [0.4, 0.5) is 11.9 Å². The molecule has 0 saturated carbocycles. The molecule has 2 atom stereocenters. The van der Waals surface area contributed by atoms with E-state index >= 15 is 0 Å². The second-order valence-electron chi connectivity index (χ2n) is 8.43. The number of aromatic nitrogens is 4. The molecule has 31 heavy (non-hydrogen) atoms. The van der Waals surface area contributed by atoms with Gasteiger partial charge in [0.05, 0.1) is 20.3 Å². The molecule has 2 bridgehead atoms. The molecule has 3 aliphatic rings. The van der Waals surface area contributed by atoms with Gasteiger partial charge in [-0.1, -0.05) is 6.07 Å². The normalized spacial score (nSPS) is 23.3. The molecule has 0 spiro atoms. The minimum Gasteiger partial charge on any atom is -0.467 e. The van der Waals surface area contributed by atoms with Crippen molar-refractivity contribution in [1.82, 2.24) is 24.4 Å². The number of methoxy groups -OCH3 is 1. The maximum absolute atomic E-state index is 12.3. The Bertz CT molecular complexity index is 976. The van der Waals surface area contributed by atoms with Crippen LogP contribution in [0.15, 0.2) is 23.0 Å². The quantitative estimate of drug-likeness (QED) is 0.703. The Morgan fingerprint density at radius 2 is 2.03 bits per heavy atom. The fourth-order valence-corrected chi connectivity index (χ4v) is 4.87. The third-order valence-electron chi connectivity index (χ3n) is 6.36. The van der Waals surface area contributed by atoms with Crippen molar-refractivity contribution >= 4 is 11.9 Å². The highest BCUT2D eigenvalue weighted by Gasteiger charge is 2.35. The molecule has 2 fully saturated rings. The van der Waals surface area contributed by atoms with Crippen molar-refractivity contribution in [3.63, 3.8) is 0 Å². The van der Waals surface area contributed by atoms with Crippen LogP contribution in [0.2, 0.25) is 0 Å². The molecule has 2 unspecified atom stereocenters. The van der Waals surface area contributed by atoms with Gasteiger partial charge in [0.15, 0.2) is 0 Å². The molecule has 1 N–H and O–H groups in total. The lowest BCUT2D eigenvalue weighted by atomic mass is 9.83. The van der Waals surface area contributed by atoms with E-state index in [9.17, 15) is 4.79 Å². The molecular weight excluding hydrogens is 398 g/mol. The van der Waals surface area contributed by atoms with Gasteiger partial charge in [0, 0.05) is 63.5 Å². The first-order chi connectivity index (χ1) is 15.2. The zero-order valence-electron chi connectivity index (χ0n) is 17.9. The van der Waals surface area contributed by atoms with Gasteiger partial charge in [0.2, 0.25) is 11.9 Å². The third-order valence-corrected chi connectivity index (χ3v) is 6.36. The van der Waals surface area contributed by atoms with Crippen LogP contribution in [0, 0.1) is 5.92 Å². The van der Waals surface area contributed by atoms with Gasteiger partial charge < -0.3 is 24.3 Å². The van der Waals surface area contributed by atoms with Crippen molar-refractivity contribution < 1.29 is 9.47 Å². The highest BCUT2D eigenvalue weighted by atomic mass is 16.5. The Hall–Kier alpha value is -2.72. The smallest absolute Gasteiger partial charge is 0.322 e. The molecule has 3 aliphatic heterocycles. The monoisotopic (exact) mass is 427 g/mol. The number of pyridine rings is 1. The minimum absolute atomic E-state index is 0.0919. The number of hydrogen-bond donors (Lipinski definition) is 1. The van der Waals surface area contributed by atoms with Crippen molar-refractivity contribution in [2.45, 2.75) is 18.9 Å². The van der Waals surface area contributed by atoms with Crippen molar-refractivity contribution in [3.05, 3.63) is 34.2 Å². The van der Waals surface area contributed by atoms with Crippen molar-refractivity contribution in [2.75, 3.05) is 69.8 Å². The summed E-state index contributed by atoms with van der Waals surface area (Å²) in [5.74, 6) is 1.85. The molecule has 0 aromatic carbocycles. The van der Waals surface area contributed by atoms with Gasteiger partial charge in [0.25, 0.3) is 5.56 Å². The molecule has 0 aliphatic carbocycles. The number of piperidine rings is 1. The van der Waals surface area contributed by atoms with E-state index in [1.54, 1.807) is 13.2 Å². The van der Waals surface area contributed by atoms with E-state index in [0.29, 0.717) is 29.7 Å². The minimum atomic E-state index is 0.0919. The summed E-state index contributed by atoms with van der Waals surface area (Å²) in [6.45, 7) is 7.48. The summed E-state index contributed by atoms with van der Waals surface area (Å²) in [5.41, 5.74) is 1.20. The van der Waals surface area contributed by atoms with Crippen LogP contribution in [0.5, 0.6) is 6.01 Å². The summed E-state index contributed by atoms with van der Waals surface area (Å²) < 4.78 is 12.7. The van der Waals surface area contributed by atoms with E-state index in [1.165, 1.54) is 0 Å². The summed E-state index contributed by atoms with van der Waals surface area (Å²) in [4.78, 5) is 30.4. The Morgan fingerprint density at radius 3 is 2.87 bits per heavy atom. The fourth-order valence-electron chi connectivity index (χ4n) is 4.87. The van der Waals surface area contributed by atoms with Crippen LogP contribution >= 0.6 is 0 Å². The van der Waals surface area contributed by atoms with Gasteiger partial charge in [-0.05, 0) is 18.4 Å². The van der Waals surface area contributed by atoms with Crippen LogP contribution in [-0.2, 0) is 11.3 Å². The molecule has 2 aromatic heterocycles. The largest absolute Gasteiger partial charge is 0.467 e. The van der Waals surface area contributed by atoms with Crippen LogP contribution in [0.1, 0.15) is 18.0 Å². The second kappa shape index (κ2) is 8.80. The molecule has 0 amide bonds. The van der Waals surface area contributed by atoms with E-state index in [2.05, 4.69) is 36.1 Å². The number of fused-ring (bicyclic) bond motifs is 4. The van der Waals surface area contributed by atoms with E-state index in [1.807, 2.05) is 10.6 Å². The highest BCUT2D eigenvalue weighted by Crippen LogP contribution is 2.36. The van der Waals surface area contributed by atoms with Crippen LogP contribution in [0.3, 0.4) is 0 Å². The first-order valence-corrected chi connectivity index (χ1v) is 11.0. The lowest BCUT2D eigenvalue weighted by Gasteiger charge is -2.42. The predicted octanol–water partition coefficient (Wildman–Crippen LogP) is 0.410. The summed E-state index contributed by atoms with van der Waals surface area (Å²) in [6.07, 6.45) is 1.09. The average Bonchev–Trinajstić information content (AvgIpc) is 2.80. The van der Waals surface area contributed by atoms with E-state index < -0.39 is 0 Å². The standard InChI is InChI=1S/C21H29N7O3/c1-30-21-24-19(22-5-6-26-7-9-31-10-8-26)23-20(25-21)27-12-15-11-16(14-27)17-3-2-4-18(29)28(17)13-15/h2-4,15-16H,5-14H2,1H3,(H,22,23,24,25). The first kappa shape index (κ1) is 20.2. The fraction of sp³-hybridized carbons (Fsp3) is 0.619. The molecule has 166 valence electrons. The average molecular weight is 428 g/mol. The van der Waals surface area contributed by atoms with E-state index in [0.717, 1.165) is 71.1 Å². The first-order valence-electron chi connectivity index (χ1n) is 11.0. The topological polar surface area (TPSA) is 97.6 Å². The Labute approximate surface area is 181 Å². The van der Waals surface area contributed by atoms with Gasteiger partial charge in [-0.2, -0.15) is 15.0 Å². The SMILES string of the molecule is COc1nc(NCCN2CCOCC2)nc(N2CC3CC(C2)c2cccc(=O)n2C3)n1. The molecule has 5 rings (SSSR count). The molecule has 10 nitrogen and oxygen atoms in total. The zero-order valence-corrected chi connectivity index (χ0v) is 17.9. The number of ether oxygens (including phenoxy) is 2. The summed E-state index contributed by atoms with van der Waals surface area (Å²) in [5, 5.41) is 3.32. The number of rotatable bonds is 6. The highest BCUT2D eigenvalue weighted by molar-refractivity contribution is 5.40. The van der Waals surface area contributed by atoms with Crippen molar-refractivity contribution in [1.29, 1.82) is 0 Å². The van der Waals surface area contributed by atoms with Crippen molar-refractivity contribution in [2.24, 2.45) is 5.92 Å². The Balaban J connectivity index is 1.31. The van der Waals surface area contributed by atoms with E-state index in [4.69, 9.17) is 9.47 Å². The van der Waals surface area contributed by atoms with Gasteiger partial charge in [-0.15, -0.1) is 0 Å². The van der Waals surface area contributed by atoms with E-state index in [-0.39, 0.29) is 5.56 Å². The third kappa shape index (κ3) is 4.35. The number of nitrogens with one attached hydrogen (secondary N) is 1.